The Morgan fingerprint density at radius 1 is 1.43 bits per heavy atom. The molecule has 0 saturated carbocycles. The molecular formula is C15H25N3O3. The molecule has 0 radical (unpaired) electrons. The molecule has 118 valence electrons. The molecule has 1 N–H and O–H groups in total. The molecule has 2 amide bonds. The summed E-state index contributed by atoms with van der Waals surface area (Å²) in [6.45, 7) is 5.75. The highest BCUT2D eigenvalue weighted by Gasteiger charge is 2.26. The Labute approximate surface area is 126 Å². The van der Waals surface area contributed by atoms with Gasteiger partial charge in [0.05, 0.1) is 24.5 Å². The number of likely N-dealkylation sites (N-methyl/N-ethyl adjacent to an activating group) is 1. The minimum atomic E-state index is -0.0459. The summed E-state index contributed by atoms with van der Waals surface area (Å²) in [5.41, 5.74) is 0. The molecular weight excluding hydrogens is 270 g/mol. The molecule has 6 nitrogen and oxygen atoms in total. The van der Waals surface area contributed by atoms with Gasteiger partial charge in [-0.15, -0.1) is 0 Å². The summed E-state index contributed by atoms with van der Waals surface area (Å²) in [6, 6.07) is 3.77. The Hall–Kier alpha value is -1.53. The average molecular weight is 295 g/mol. The largest absolute Gasteiger partial charge is 0.468 e. The van der Waals surface area contributed by atoms with Crippen molar-refractivity contribution in [2.75, 3.05) is 33.7 Å². The lowest BCUT2D eigenvalue weighted by Crippen LogP contribution is -2.52. The van der Waals surface area contributed by atoms with Crippen LogP contribution in [0.1, 0.15) is 25.6 Å². The van der Waals surface area contributed by atoms with Crippen LogP contribution >= 0.6 is 0 Å². The fourth-order valence-corrected chi connectivity index (χ4v) is 2.66. The van der Waals surface area contributed by atoms with E-state index in [2.05, 4.69) is 5.32 Å². The van der Waals surface area contributed by atoms with Crippen molar-refractivity contribution in [1.29, 1.82) is 0 Å². The van der Waals surface area contributed by atoms with Crippen LogP contribution in [0.4, 0.5) is 4.79 Å². The number of urea groups is 1. The predicted molar refractivity (Wildman–Crippen MR) is 80.1 cm³/mol. The van der Waals surface area contributed by atoms with Crippen molar-refractivity contribution in [3.8, 4) is 0 Å². The first-order chi connectivity index (χ1) is 9.97. The summed E-state index contributed by atoms with van der Waals surface area (Å²) in [7, 11) is 3.94. The van der Waals surface area contributed by atoms with Crippen molar-refractivity contribution in [3.63, 3.8) is 0 Å². The first-order valence-electron chi connectivity index (χ1n) is 7.35. The highest BCUT2D eigenvalue weighted by atomic mass is 16.5. The number of nitrogens with one attached hydrogen (secondary N) is 1. The summed E-state index contributed by atoms with van der Waals surface area (Å²) >= 11 is 0. The van der Waals surface area contributed by atoms with Gasteiger partial charge >= 0.3 is 6.03 Å². The minimum Gasteiger partial charge on any atom is -0.468 e. The van der Waals surface area contributed by atoms with Crippen molar-refractivity contribution in [3.05, 3.63) is 24.2 Å². The van der Waals surface area contributed by atoms with E-state index < -0.39 is 0 Å². The van der Waals surface area contributed by atoms with Crippen molar-refractivity contribution in [1.82, 2.24) is 15.1 Å². The third kappa shape index (κ3) is 4.22. The average Bonchev–Trinajstić information content (AvgIpc) is 2.91. The van der Waals surface area contributed by atoms with Gasteiger partial charge < -0.3 is 19.4 Å². The van der Waals surface area contributed by atoms with Gasteiger partial charge in [0.1, 0.15) is 5.76 Å². The van der Waals surface area contributed by atoms with Gasteiger partial charge in [0.2, 0.25) is 0 Å². The van der Waals surface area contributed by atoms with Gasteiger partial charge in [0.25, 0.3) is 0 Å². The van der Waals surface area contributed by atoms with Gasteiger partial charge in [0, 0.05) is 19.6 Å². The second-order valence-corrected chi connectivity index (χ2v) is 5.84. The zero-order valence-corrected chi connectivity index (χ0v) is 13.2. The highest BCUT2D eigenvalue weighted by Crippen LogP contribution is 2.18. The van der Waals surface area contributed by atoms with Crippen molar-refractivity contribution < 1.29 is 13.9 Å². The molecule has 1 fully saturated rings. The summed E-state index contributed by atoms with van der Waals surface area (Å²) in [5, 5.41) is 2.99. The van der Waals surface area contributed by atoms with Gasteiger partial charge in [-0.25, -0.2) is 4.79 Å². The molecule has 0 aliphatic carbocycles. The minimum absolute atomic E-state index is 0.0276. The lowest BCUT2D eigenvalue weighted by atomic mass is 10.2. The number of hydrogen-bond donors (Lipinski definition) is 1. The number of carbonyl (C=O) groups excluding carboxylic acids is 1. The second kappa shape index (κ2) is 6.95. The third-order valence-electron chi connectivity index (χ3n) is 3.65. The van der Waals surface area contributed by atoms with Crippen LogP contribution in [-0.2, 0) is 4.74 Å². The molecule has 6 heteroatoms. The SMILES string of the molecule is CC1CN(C(=O)NCC(c2ccco2)N(C)C)CC(C)O1. The molecule has 3 atom stereocenters. The first-order valence-corrected chi connectivity index (χ1v) is 7.35. The van der Waals surface area contributed by atoms with Crippen LogP contribution in [0, 0.1) is 0 Å². The smallest absolute Gasteiger partial charge is 0.317 e. The third-order valence-corrected chi connectivity index (χ3v) is 3.65. The fourth-order valence-electron chi connectivity index (χ4n) is 2.66. The first kappa shape index (κ1) is 15.9. The number of morpholine rings is 1. The van der Waals surface area contributed by atoms with E-state index in [-0.39, 0.29) is 24.3 Å². The summed E-state index contributed by atoms with van der Waals surface area (Å²) < 4.78 is 11.1. The van der Waals surface area contributed by atoms with E-state index in [1.165, 1.54) is 0 Å². The van der Waals surface area contributed by atoms with Crippen molar-refractivity contribution >= 4 is 6.03 Å². The molecule has 1 aromatic rings. The molecule has 1 aliphatic rings. The molecule has 3 unspecified atom stereocenters. The van der Waals surface area contributed by atoms with Crippen LogP contribution in [0.3, 0.4) is 0 Å². The monoisotopic (exact) mass is 295 g/mol. The quantitative estimate of drug-likeness (QED) is 0.918. The van der Waals surface area contributed by atoms with E-state index in [0.717, 1.165) is 5.76 Å². The molecule has 1 aromatic heterocycles. The number of rotatable bonds is 4. The summed E-state index contributed by atoms with van der Waals surface area (Å²) in [6.07, 6.45) is 1.81. The van der Waals surface area contributed by atoms with E-state index in [9.17, 15) is 4.79 Å². The Balaban J connectivity index is 1.90. The van der Waals surface area contributed by atoms with E-state index >= 15 is 0 Å². The molecule has 0 aromatic carbocycles. The van der Waals surface area contributed by atoms with Gasteiger partial charge in [0.15, 0.2) is 0 Å². The number of ether oxygens (including phenoxy) is 1. The molecule has 2 heterocycles. The van der Waals surface area contributed by atoms with Crippen molar-refractivity contribution in [2.24, 2.45) is 0 Å². The molecule has 21 heavy (non-hydrogen) atoms. The van der Waals surface area contributed by atoms with E-state index in [0.29, 0.717) is 19.6 Å². The predicted octanol–water partition coefficient (Wildman–Crippen LogP) is 1.70. The molecule has 0 bridgehead atoms. The summed E-state index contributed by atoms with van der Waals surface area (Å²) in [5.74, 6) is 0.851. The Morgan fingerprint density at radius 3 is 2.62 bits per heavy atom. The number of nitrogens with zero attached hydrogens (tertiary/aromatic N) is 2. The zero-order valence-electron chi connectivity index (χ0n) is 13.2. The number of carbonyl (C=O) groups is 1. The maximum absolute atomic E-state index is 12.3. The molecule has 1 aliphatic heterocycles. The van der Waals surface area contributed by atoms with E-state index in [1.807, 2.05) is 49.9 Å². The highest BCUT2D eigenvalue weighted by molar-refractivity contribution is 5.74. The molecule has 0 spiro atoms. The molecule has 2 rings (SSSR count). The van der Waals surface area contributed by atoms with Gasteiger partial charge in [-0.2, -0.15) is 0 Å². The van der Waals surface area contributed by atoms with Crippen LogP contribution in [-0.4, -0.2) is 61.8 Å². The standard InChI is InChI=1S/C15H25N3O3/c1-11-9-18(10-12(2)21-11)15(19)16-8-13(17(3)4)14-6-5-7-20-14/h5-7,11-13H,8-10H2,1-4H3,(H,16,19). The Kier molecular flexibility index (Phi) is 5.25. The van der Waals surface area contributed by atoms with Crippen LogP contribution in [0.5, 0.6) is 0 Å². The van der Waals surface area contributed by atoms with E-state index in [4.69, 9.17) is 9.15 Å². The lowest BCUT2D eigenvalue weighted by molar-refractivity contribution is -0.0546. The topological polar surface area (TPSA) is 58.0 Å². The van der Waals surface area contributed by atoms with Crippen LogP contribution in [0.15, 0.2) is 22.8 Å². The van der Waals surface area contributed by atoms with Crippen molar-refractivity contribution in [2.45, 2.75) is 32.1 Å². The fraction of sp³-hybridized carbons (Fsp3) is 0.667. The molecule has 1 saturated heterocycles. The van der Waals surface area contributed by atoms with Crippen LogP contribution in [0.25, 0.3) is 0 Å². The van der Waals surface area contributed by atoms with Gasteiger partial charge in [-0.05, 0) is 40.1 Å². The Bertz CT molecular complexity index is 437. The van der Waals surface area contributed by atoms with Crippen LogP contribution in [0.2, 0.25) is 0 Å². The summed E-state index contributed by atoms with van der Waals surface area (Å²) in [4.78, 5) is 16.1. The van der Waals surface area contributed by atoms with Gasteiger partial charge in [-0.3, -0.25) is 4.90 Å². The number of furan rings is 1. The Morgan fingerprint density at radius 2 is 2.10 bits per heavy atom. The lowest BCUT2D eigenvalue weighted by Gasteiger charge is -2.35. The normalized spacial score (nSPS) is 24.1. The van der Waals surface area contributed by atoms with Gasteiger partial charge in [-0.1, -0.05) is 0 Å². The van der Waals surface area contributed by atoms with Crippen LogP contribution < -0.4 is 5.32 Å². The zero-order chi connectivity index (χ0) is 15.4. The maximum atomic E-state index is 12.3. The number of amides is 2. The number of hydrogen-bond acceptors (Lipinski definition) is 4. The maximum Gasteiger partial charge on any atom is 0.317 e. The van der Waals surface area contributed by atoms with E-state index in [1.54, 1.807) is 6.26 Å². The second-order valence-electron chi connectivity index (χ2n) is 5.84.